The van der Waals surface area contributed by atoms with Gasteiger partial charge in [-0.15, -0.1) is 0 Å². The van der Waals surface area contributed by atoms with Gasteiger partial charge >= 0.3 is 5.97 Å². The third kappa shape index (κ3) is 2.46. The summed E-state index contributed by atoms with van der Waals surface area (Å²) in [6, 6.07) is 5.64. The summed E-state index contributed by atoms with van der Waals surface area (Å²) in [4.78, 5) is 41.2. The maximum Gasteiger partial charge on any atom is 0.340 e. The molecule has 1 amide bonds. The number of benzene rings is 1. The van der Waals surface area contributed by atoms with Crippen LogP contribution in [-0.4, -0.2) is 45.4 Å². The number of nitrogens with zero attached hydrogens (tertiary/aromatic N) is 2. The van der Waals surface area contributed by atoms with Crippen LogP contribution in [0.15, 0.2) is 40.5 Å². The molecule has 1 spiro atoms. The topological polar surface area (TPSA) is 139 Å². The number of fused-ring (bicyclic) bond motifs is 2. The normalized spacial score (nSPS) is 24.7. The standard InChI is InChI=1S/C23H19N3O7/c1-10-18(22(29)32-2)19-20(24-10)14(27)7-17-23(19)8-12(23)9-25(17)21(28)16-6-11-5-13(26(30)31)3-4-15(11)33-16/h3-7,12,14,24,27H,8-9H2,1-2H3/t12-,14?,23+/m1/s1. The molecule has 0 radical (unpaired) electrons. The van der Waals surface area contributed by atoms with Gasteiger partial charge in [0.15, 0.2) is 5.76 Å². The highest BCUT2D eigenvalue weighted by molar-refractivity contribution is 5.99. The number of aliphatic hydroxyl groups excluding tert-OH is 1. The Labute approximate surface area is 186 Å². The summed E-state index contributed by atoms with van der Waals surface area (Å²) in [5.74, 6) is -0.721. The Kier molecular flexibility index (Phi) is 3.78. The van der Waals surface area contributed by atoms with Gasteiger partial charge in [-0.2, -0.15) is 0 Å². The van der Waals surface area contributed by atoms with Gasteiger partial charge in [0.05, 0.1) is 23.3 Å². The van der Waals surface area contributed by atoms with Gasteiger partial charge in [0.25, 0.3) is 11.6 Å². The number of aliphatic hydroxyl groups is 1. The van der Waals surface area contributed by atoms with Crippen LogP contribution < -0.4 is 0 Å². The Morgan fingerprint density at radius 3 is 2.88 bits per heavy atom. The number of aromatic nitrogens is 1. The Hall–Kier alpha value is -3.92. The van der Waals surface area contributed by atoms with Crippen molar-refractivity contribution in [3.63, 3.8) is 0 Å². The number of rotatable bonds is 3. The predicted octanol–water partition coefficient (Wildman–Crippen LogP) is 3.11. The molecule has 168 valence electrons. The van der Waals surface area contributed by atoms with Gasteiger partial charge < -0.3 is 24.1 Å². The van der Waals surface area contributed by atoms with Crippen molar-refractivity contribution in [3.8, 4) is 0 Å². The first-order valence-corrected chi connectivity index (χ1v) is 10.5. The van der Waals surface area contributed by atoms with E-state index in [4.69, 9.17) is 9.15 Å². The quantitative estimate of drug-likeness (QED) is 0.356. The van der Waals surface area contributed by atoms with Crippen LogP contribution in [0.4, 0.5) is 5.69 Å². The van der Waals surface area contributed by atoms with Crippen molar-refractivity contribution in [1.29, 1.82) is 0 Å². The summed E-state index contributed by atoms with van der Waals surface area (Å²) in [6.07, 6.45) is 1.40. The molecule has 1 aromatic carbocycles. The number of aromatic amines is 1. The summed E-state index contributed by atoms with van der Waals surface area (Å²) in [5.41, 5.74) is 2.68. The van der Waals surface area contributed by atoms with Crippen LogP contribution in [0.25, 0.3) is 11.0 Å². The van der Waals surface area contributed by atoms with Gasteiger partial charge in [-0.3, -0.25) is 14.9 Å². The molecule has 0 bridgehead atoms. The molecular formula is C23H19N3O7. The van der Waals surface area contributed by atoms with Gasteiger partial charge in [0, 0.05) is 46.4 Å². The highest BCUT2D eigenvalue weighted by atomic mass is 16.6. The van der Waals surface area contributed by atoms with E-state index >= 15 is 0 Å². The van der Waals surface area contributed by atoms with Crippen molar-refractivity contribution >= 4 is 28.5 Å². The number of methoxy groups -OCH3 is 1. The lowest BCUT2D eigenvalue weighted by molar-refractivity contribution is -0.384. The zero-order chi connectivity index (χ0) is 23.2. The van der Waals surface area contributed by atoms with Crippen molar-refractivity contribution in [1.82, 2.24) is 9.88 Å². The Bertz CT molecular complexity index is 1430. The largest absolute Gasteiger partial charge is 0.465 e. The van der Waals surface area contributed by atoms with Gasteiger partial charge in [0.1, 0.15) is 11.7 Å². The van der Waals surface area contributed by atoms with E-state index in [1.807, 2.05) is 0 Å². The van der Waals surface area contributed by atoms with Crippen molar-refractivity contribution in [2.24, 2.45) is 5.92 Å². The van der Waals surface area contributed by atoms with Crippen LogP contribution in [-0.2, 0) is 10.2 Å². The van der Waals surface area contributed by atoms with E-state index in [-0.39, 0.29) is 17.4 Å². The average molecular weight is 449 g/mol. The number of amides is 1. The third-order valence-corrected chi connectivity index (χ3v) is 7.09. The summed E-state index contributed by atoms with van der Waals surface area (Å²) in [7, 11) is 1.32. The lowest BCUT2D eigenvalue weighted by Crippen LogP contribution is -2.33. The number of non-ortho nitro benzene ring substituents is 1. The second-order valence-electron chi connectivity index (χ2n) is 8.78. The van der Waals surface area contributed by atoms with E-state index in [2.05, 4.69) is 4.98 Å². The number of carbonyl (C=O) groups excluding carboxylic acids is 2. The summed E-state index contributed by atoms with van der Waals surface area (Å²) < 4.78 is 10.7. The van der Waals surface area contributed by atoms with E-state index < -0.39 is 28.3 Å². The van der Waals surface area contributed by atoms with Crippen LogP contribution in [0.1, 0.15) is 50.4 Å². The third-order valence-electron chi connectivity index (χ3n) is 7.09. The van der Waals surface area contributed by atoms with Crippen LogP contribution in [0, 0.1) is 23.0 Å². The molecule has 10 heteroatoms. The first-order chi connectivity index (χ1) is 15.8. The van der Waals surface area contributed by atoms with Crippen molar-refractivity contribution in [2.75, 3.05) is 13.7 Å². The molecule has 3 atom stereocenters. The molecule has 33 heavy (non-hydrogen) atoms. The fourth-order valence-electron chi connectivity index (χ4n) is 5.60. The molecule has 3 aromatic rings. The number of nitro benzene ring substituents is 1. The number of furan rings is 1. The molecule has 1 aliphatic heterocycles. The zero-order valence-corrected chi connectivity index (χ0v) is 17.7. The molecule has 10 nitrogen and oxygen atoms in total. The molecule has 2 N–H and O–H groups in total. The van der Waals surface area contributed by atoms with Crippen LogP contribution in [0.5, 0.6) is 0 Å². The Balaban J connectivity index is 1.41. The number of nitro groups is 1. The predicted molar refractivity (Wildman–Crippen MR) is 114 cm³/mol. The van der Waals surface area contributed by atoms with Crippen molar-refractivity contribution in [2.45, 2.75) is 24.9 Å². The number of esters is 1. The number of allylic oxidation sites excluding steroid dienone is 1. The monoisotopic (exact) mass is 449 g/mol. The molecule has 1 saturated carbocycles. The van der Waals surface area contributed by atoms with Gasteiger partial charge in [-0.05, 0) is 37.5 Å². The highest BCUT2D eigenvalue weighted by Crippen LogP contribution is 2.68. The lowest BCUT2D eigenvalue weighted by Gasteiger charge is -2.30. The van der Waals surface area contributed by atoms with E-state index in [1.54, 1.807) is 17.9 Å². The molecule has 2 fully saturated rings. The van der Waals surface area contributed by atoms with Crippen molar-refractivity contribution in [3.05, 3.63) is 74.4 Å². The maximum atomic E-state index is 13.4. The number of nitrogens with one attached hydrogen (secondary N) is 1. The number of hydrogen-bond acceptors (Lipinski definition) is 7. The van der Waals surface area contributed by atoms with Gasteiger partial charge in [-0.1, -0.05) is 0 Å². The number of carbonyl (C=O) groups is 2. The Morgan fingerprint density at radius 1 is 1.36 bits per heavy atom. The SMILES string of the molecule is COC(=O)c1c(C)[nH]c2c1[C@@]13C[C@@H]1CN(C(=O)c1cc4cc([N+](=O)[O-])ccc4o1)C3=CC2O. The van der Waals surface area contributed by atoms with Gasteiger partial charge in [-0.25, -0.2) is 4.79 Å². The maximum absolute atomic E-state index is 13.4. The number of ether oxygens (including phenoxy) is 1. The molecule has 3 aliphatic rings. The van der Waals surface area contributed by atoms with E-state index in [0.29, 0.717) is 45.7 Å². The number of H-pyrrole nitrogens is 1. The fraction of sp³-hybridized carbons (Fsp3) is 0.304. The minimum Gasteiger partial charge on any atom is -0.465 e. The molecular weight excluding hydrogens is 430 g/mol. The first-order valence-electron chi connectivity index (χ1n) is 10.5. The lowest BCUT2D eigenvalue weighted by atomic mass is 9.82. The van der Waals surface area contributed by atoms with E-state index in [0.717, 1.165) is 6.42 Å². The number of piperidine rings is 1. The molecule has 3 heterocycles. The van der Waals surface area contributed by atoms with Crippen LogP contribution in [0.2, 0.25) is 0 Å². The van der Waals surface area contributed by atoms with E-state index in [1.165, 1.54) is 31.4 Å². The first kappa shape index (κ1) is 19.7. The van der Waals surface area contributed by atoms with Crippen molar-refractivity contribution < 1.29 is 28.8 Å². The van der Waals surface area contributed by atoms with Gasteiger partial charge in [0.2, 0.25) is 0 Å². The second-order valence-corrected chi connectivity index (χ2v) is 8.78. The summed E-state index contributed by atoms with van der Waals surface area (Å²) >= 11 is 0. The molecule has 2 aromatic heterocycles. The number of hydrogen-bond donors (Lipinski definition) is 2. The average Bonchev–Trinajstić information content (AvgIpc) is 3.08. The van der Waals surface area contributed by atoms with Crippen LogP contribution in [0.3, 0.4) is 0 Å². The number of aryl methyl sites for hydroxylation is 1. The molecule has 6 rings (SSSR count). The second kappa shape index (κ2) is 6.32. The molecule has 2 aliphatic carbocycles. The van der Waals surface area contributed by atoms with E-state index in [9.17, 15) is 24.8 Å². The smallest absolute Gasteiger partial charge is 0.340 e. The fourth-order valence-corrected chi connectivity index (χ4v) is 5.60. The summed E-state index contributed by atoms with van der Waals surface area (Å²) in [5, 5.41) is 22.3. The van der Waals surface area contributed by atoms with Crippen LogP contribution >= 0.6 is 0 Å². The minimum atomic E-state index is -1.01. The summed E-state index contributed by atoms with van der Waals surface area (Å²) in [6.45, 7) is 2.18. The zero-order valence-electron chi connectivity index (χ0n) is 17.7. The molecule has 1 saturated heterocycles. The minimum absolute atomic E-state index is 0.0570. The molecule has 1 unspecified atom stereocenters. The Morgan fingerprint density at radius 2 is 2.15 bits per heavy atom. The number of likely N-dealkylation sites (tertiary alicyclic amines) is 1. The highest BCUT2D eigenvalue weighted by Gasteiger charge is 2.69.